The van der Waals surface area contributed by atoms with Crippen molar-refractivity contribution in [2.24, 2.45) is 58.2 Å². The smallest absolute Gasteiger partial charge is 0.133 e. The van der Waals surface area contributed by atoms with E-state index in [0.717, 1.165) is 48.3 Å². The molecule has 0 aromatic carbocycles. The zero-order chi connectivity index (χ0) is 21.0. The zero-order valence-corrected chi connectivity index (χ0v) is 20.3. The molecule has 0 bridgehead atoms. The van der Waals surface area contributed by atoms with Crippen LogP contribution in [0.5, 0.6) is 0 Å². The fraction of sp³-hybridized carbons (Fsp3) is 0.964. The number of carbonyl (C=O) groups excluding carboxylic acids is 1. The van der Waals surface area contributed by atoms with Crippen LogP contribution in [-0.2, 0) is 4.79 Å². The molecule has 0 aromatic heterocycles. The molecule has 0 aromatic rings. The molecule has 0 saturated heterocycles. The van der Waals surface area contributed by atoms with Gasteiger partial charge in [0, 0.05) is 12.8 Å². The second-order valence-corrected chi connectivity index (χ2v) is 12.9. The number of Topliss-reactive ketones (excluding diaryl/α,β-unsaturated/α-hetero) is 1. The molecule has 4 rings (SSSR count). The number of hydrogen-bond acceptors (Lipinski definition) is 1. The third kappa shape index (κ3) is 3.55. The second-order valence-electron chi connectivity index (χ2n) is 12.9. The van der Waals surface area contributed by atoms with Gasteiger partial charge in [-0.1, -0.05) is 60.8 Å². The van der Waals surface area contributed by atoms with Gasteiger partial charge in [0.15, 0.2) is 0 Å². The first-order valence-corrected chi connectivity index (χ1v) is 13.2. The number of ketones is 1. The minimum absolute atomic E-state index is 0.430. The lowest BCUT2D eigenvalue weighted by molar-refractivity contribution is -0.152. The molecule has 0 spiro atoms. The largest absolute Gasteiger partial charge is 0.300 e. The van der Waals surface area contributed by atoms with Crippen LogP contribution in [0.2, 0.25) is 0 Å². The summed E-state index contributed by atoms with van der Waals surface area (Å²) in [5.74, 6) is 7.32. The summed E-state index contributed by atoms with van der Waals surface area (Å²) in [6, 6.07) is 0. The molecule has 4 fully saturated rings. The van der Waals surface area contributed by atoms with E-state index >= 15 is 0 Å². The Balaban J connectivity index is 1.50. The van der Waals surface area contributed by atoms with Crippen molar-refractivity contribution in [2.75, 3.05) is 0 Å². The SMILES string of the molecule is CC(C)CCC[C@@H](C)[C@H]1CC[C@H]2[C@@H]3CC[C@@H]4CC(=O)C[C@@H](C)[C@]4(C)[C@H]3CC[C@]12C. The van der Waals surface area contributed by atoms with Crippen molar-refractivity contribution in [1.82, 2.24) is 0 Å². The molecule has 29 heavy (non-hydrogen) atoms. The summed E-state index contributed by atoms with van der Waals surface area (Å²) in [5.41, 5.74) is 1.02. The van der Waals surface area contributed by atoms with Crippen molar-refractivity contribution in [3.63, 3.8) is 0 Å². The van der Waals surface area contributed by atoms with Gasteiger partial charge in [-0.05, 0) is 96.7 Å². The van der Waals surface area contributed by atoms with Crippen molar-refractivity contribution in [3.05, 3.63) is 0 Å². The average molecular weight is 401 g/mol. The summed E-state index contributed by atoms with van der Waals surface area (Å²) in [7, 11) is 0. The molecule has 0 heterocycles. The number of rotatable bonds is 5. The maximum atomic E-state index is 12.3. The number of fused-ring (bicyclic) bond motifs is 5. The summed E-state index contributed by atoms with van der Waals surface area (Å²) in [4.78, 5) is 12.3. The highest BCUT2D eigenvalue weighted by atomic mass is 16.1. The van der Waals surface area contributed by atoms with Crippen LogP contribution in [0, 0.1) is 58.2 Å². The van der Waals surface area contributed by atoms with Gasteiger partial charge in [0.05, 0.1) is 0 Å². The lowest BCUT2D eigenvalue weighted by atomic mass is 9.42. The molecule has 0 amide bonds. The molecule has 1 heteroatoms. The lowest BCUT2D eigenvalue weighted by Crippen LogP contribution is -2.56. The fourth-order valence-electron chi connectivity index (χ4n) is 9.50. The predicted molar refractivity (Wildman–Crippen MR) is 123 cm³/mol. The third-order valence-corrected chi connectivity index (χ3v) is 11.2. The average Bonchev–Trinajstić information content (AvgIpc) is 3.00. The first kappa shape index (κ1) is 21.9. The quantitative estimate of drug-likeness (QED) is 0.458. The van der Waals surface area contributed by atoms with Gasteiger partial charge in [-0.3, -0.25) is 4.79 Å². The molecule has 4 saturated carbocycles. The minimum atomic E-state index is 0.430. The standard InChI is InChI=1S/C28H48O/c1-18(2)8-7-9-19(3)24-12-13-25-23-11-10-21-17-22(29)16-20(4)28(21,6)26(23)14-15-27(24,25)5/h18-21,23-26H,7-17H2,1-6H3/t19-,20-,21-,23+,24-,25+,26+,27-,28+/m1/s1. The van der Waals surface area contributed by atoms with Gasteiger partial charge >= 0.3 is 0 Å². The number of carbonyl (C=O) groups is 1. The second kappa shape index (κ2) is 7.98. The monoisotopic (exact) mass is 400 g/mol. The van der Waals surface area contributed by atoms with E-state index < -0.39 is 0 Å². The Bertz CT molecular complexity index is 607. The Morgan fingerprint density at radius 2 is 1.69 bits per heavy atom. The Labute approximate surface area is 181 Å². The van der Waals surface area contributed by atoms with Crippen molar-refractivity contribution < 1.29 is 4.79 Å². The van der Waals surface area contributed by atoms with Gasteiger partial charge in [0.1, 0.15) is 5.78 Å². The van der Waals surface area contributed by atoms with E-state index in [1.807, 2.05) is 0 Å². The maximum Gasteiger partial charge on any atom is 0.133 e. The lowest BCUT2D eigenvalue weighted by Gasteiger charge is -2.62. The van der Waals surface area contributed by atoms with Crippen LogP contribution in [0.25, 0.3) is 0 Å². The zero-order valence-electron chi connectivity index (χ0n) is 20.3. The van der Waals surface area contributed by atoms with E-state index in [9.17, 15) is 4.79 Å². The summed E-state index contributed by atoms with van der Waals surface area (Å²) in [5, 5.41) is 0. The Morgan fingerprint density at radius 1 is 0.931 bits per heavy atom. The molecule has 9 atom stereocenters. The molecule has 0 radical (unpaired) electrons. The molecular formula is C28H48O. The van der Waals surface area contributed by atoms with Crippen LogP contribution in [0.4, 0.5) is 0 Å². The van der Waals surface area contributed by atoms with Gasteiger partial charge in [0.25, 0.3) is 0 Å². The van der Waals surface area contributed by atoms with Crippen LogP contribution in [0.15, 0.2) is 0 Å². The summed E-state index contributed by atoms with van der Waals surface area (Å²) < 4.78 is 0. The van der Waals surface area contributed by atoms with Gasteiger partial charge in [0.2, 0.25) is 0 Å². The van der Waals surface area contributed by atoms with E-state index in [1.54, 1.807) is 0 Å². The van der Waals surface area contributed by atoms with Crippen LogP contribution in [-0.4, -0.2) is 5.78 Å². The van der Waals surface area contributed by atoms with Gasteiger partial charge in [-0.2, -0.15) is 0 Å². The van der Waals surface area contributed by atoms with Crippen molar-refractivity contribution in [1.29, 1.82) is 0 Å². The van der Waals surface area contributed by atoms with Gasteiger partial charge in [-0.15, -0.1) is 0 Å². The van der Waals surface area contributed by atoms with E-state index in [0.29, 0.717) is 28.4 Å². The van der Waals surface area contributed by atoms with Crippen molar-refractivity contribution >= 4 is 5.78 Å². The molecule has 0 N–H and O–H groups in total. The van der Waals surface area contributed by atoms with Gasteiger partial charge in [-0.25, -0.2) is 0 Å². The molecular weight excluding hydrogens is 352 g/mol. The highest BCUT2D eigenvalue weighted by molar-refractivity contribution is 5.80. The Morgan fingerprint density at radius 3 is 2.41 bits per heavy atom. The number of hydrogen-bond donors (Lipinski definition) is 0. The minimum Gasteiger partial charge on any atom is -0.300 e. The van der Waals surface area contributed by atoms with Crippen molar-refractivity contribution in [3.8, 4) is 0 Å². The predicted octanol–water partition coefficient (Wildman–Crippen LogP) is 7.92. The summed E-state index contributed by atoms with van der Waals surface area (Å²) in [6.07, 6.45) is 14.6. The van der Waals surface area contributed by atoms with E-state index in [-0.39, 0.29) is 0 Å². The summed E-state index contributed by atoms with van der Waals surface area (Å²) >= 11 is 0. The molecule has 0 aliphatic heterocycles. The maximum absolute atomic E-state index is 12.3. The molecule has 1 nitrogen and oxygen atoms in total. The van der Waals surface area contributed by atoms with E-state index in [2.05, 4.69) is 41.5 Å². The van der Waals surface area contributed by atoms with E-state index in [4.69, 9.17) is 0 Å². The van der Waals surface area contributed by atoms with Crippen molar-refractivity contribution in [2.45, 2.75) is 112 Å². The molecule has 4 aliphatic rings. The normalized spacial score (nSPS) is 48.2. The fourth-order valence-corrected chi connectivity index (χ4v) is 9.50. The first-order valence-electron chi connectivity index (χ1n) is 13.2. The third-order valence-electron chi connectivity index (χ3n) is 11.2. The van der Waals surface area contributed by atoms with Crippen LogP contribution in [0.3, 0.4) is 0 Å². The highest BCUT2D eigenvalue weighted by Gasteiger charge is 2.61. The molecule has 166 valence electrons. The topological polar surface area (TPSA) is 17.1 Å². The van der Waals surface area contributed by atoms with Crippen LogP contribution < -0.4 is 0 Å². The van der Waals surface area contributed by atoms with E-state index in [1.165, 1.54) is 57.8 Å². The van der Waals surface area contributed by atoms with Crippen LogP contribution >= 0.6 is 0 Å². The molecule has 0 unspecified atom stereocenters. The van der Waals surface area contributed by atoms with Crippen LogP contribution in [0.1, 0.15) is 112 Å². The Hall–Kier alpha value is -0.330. The molecule has 4 aliphatic carbocycles. The van der Waals surface area contributed by atoms with Gasteiger partial charge < -0.3 is 0 Å². The highest BCUT2D eigenvalue weighted by Crippen LogP contribution is 2.69. The summed E-state index contributed by atoms with van der Waals surface area (Å²) in [6.45, 7) is 15.0. The Kier molecular flexibility index (Phi) is 6.02. The first-order chi connectivity index (χ1) is 13.7.